The first-order chi connectivity index (χ1) is 8.30. The van der Waals surface area contributed by atoms with E-state index in [1.165, 1.54) is 12.7 Å². The van der Waals surface area contributed by atoms with Crippen molar-refractivity contribution in [3.63, 3.8) is 0 Å². The summed E-state index contributed by atoms with van der Waals surface area (Å²) in [6.45, 7) is 7.90. The lowest BCUT2D eigenvalue weighted by atomic mass is 9.80. The van der Waals surface area contributed by atoms with Crippen LogP contribution in [0.25, 0.3) is 0 Å². The molecule has 1 atom stereocenters. The third-order valence-electron chi connectivity index (χ3n) is 3.45. The Hall–Kier alpha value is -1.35. The van der Waals surface area contributed by atoms with Crippen molar-refractivity contribution < 1.29 is 9.53 Å². The number of rotatable bonds is 4. The number of nitrogens with two attached hydrogens (primary N) is 1. The van der Waals surface area contributed by atoms with Gasteiger partial charge in [-0.3, -0.25) is 4.79 Å². The molecule has 0 aromatic heterocycles. The van der Waals surface area contributed by atoms with Crippen molar-refractivity contribution in [2.75, 3.05) is 7.11 Å². The predicted octanol–water partition coefficient (Wildman–Crippen LogP) is 3.01. The molecule has 0 aliphatic heterocycles. The number of hydrogen-bond donors (Lipinski definition) is 1. The number of esters is 1. The molecule has 0 heterocycles. The standard InChI is InChI=1S/C15H23NO2/c1-10(2)11-6-8-12(9-7-11)13(16)15(3,4)14(17)18-5/h6-10,13H,16H2,1-5H3/t13-/m1/s1. The van der Waals surface area contributed by atoms with E-state index in [1.807, 2.05) is 12.1 Å². The van der Waals surface area contributed by atoms with E-state index in [-0.39, 0.29) is 12.0 Å². The summed E-state index contributed by atoms with van der Waals surface area (Å²) in [7, 11) is 1.39. The fourth-order valence-electron chi connectivity index (χ4n) is 1.89. The monoisotopic (exact) mass is 249 g/mol. The minimum atomic E-state index is -0.728. The van der Waals surface area contributed by atoms with Crippen molar-refractivity contribution in [3.8, 4) is 0 Å². The maximum Gasteiger partial charge on any atom is 0.313 e. The highest BCUT2D eigenvalue weighted by Crippen LogP contribution is 2.32. The summed E-state index contributed by atoms with van der Waals surface area (Å²) >= 11 is 0. The van der Waals surface area contributed by atoms with E-state index in [1.54, 1.807) is 13.8 Å². The number of hydrogen-bond acceptors (Lipinski definition) is 3. The number of carbonyl (C=O) groups is 1. The summed E-state index contributed by atoms with van der Waals surface area (Å²) in [5.41, 5.74) is 7.67. The summed E-state index contributed by atoms with van der Waals surface area (Å²) in [5.74, 6) is 0.201. The Kier molecular flexibility index (Phi) is 4.52. The minimum absolute atomic E-state index is 0.289. The molecule has 0 fully saturated rings. The van der Waals surface area contributed by atoms with Crippen LogP contribution in [-0.2, 0) is 9.53 Å². The zero-order valence-electron chi connectivity index (χ0n) is 11.9. The maximum absolute atomic E-state index is 11.7. The second kappa shape index (κ2) is 5.53. The lowest BCUT2D eigenvalue weighted by Crippen LogP contribution is -2.37. The van der Waals surface area contributed by atoms with Crippen LogP contribution in [0, 0.1) is 5.41 Å². The molecule has 0 saturated carbocycles. The number of carbonyl (C=O) groups excluding carboxylic acids is 1. The smallest absolute Gasteiger partial charge is 0.313 e. The van der Waals surface area contributed by atoms with Crippen LogP contribution in [0.3, 0.4) is 0 Å². The van der Waals surface area contributed by atoms with Gasteiger partial charge in [-0.1, -0.05) is 38.1 Å². The topological polar surface area (TPSA) is 52.3 Å². The molecule has 3 nitrogen and oxygen atoms in total. The average Bonchev–Trinajstić information content (AvgIpc) is 2.36. The molecule has 3 heteroatoms. The molecule has 0 unspecified atom stereocenters. The molecule has 18 heavy (non-hydrogen) atoms. The average molecular weight is 249 g/mol. The van der Waals surface area contributed by atoms with Crippen LogP contribution in [0.4, 0.5) is 0 Å². The van der Waals surface area contributed by atoms with Crippen LogP contribution in [-0.4, -0.2) is 13.1 Å². The molecule has 0 aliphatic carbocycles. The molecule has 1 aromatic carbocycles. The highest BCUT2D eigenvalue weighted by molar-refractivity contribution is 5.77. The third-order valence-corrected chi connectivity index (χ3v) is 3.45. The molecule has 0 spiro atoms. The lowest BCUT2D eigenvalue weighted by Gasteiger charge is -2.29. The van der Waals surface area contributed by atoms with Gasteiger partial charge in [-0.25, -0.2) is 0 Å². The Bertz CT molecular complexity index is 407. The molecular weight excluding hydrogens is 226 g/mol. The van der Waals surface area contributed by atoms with Crippen LogP contribution in [0.5, 0.6) is 0 Å². The van der Waals surface area contributed by atoms with Crippen molar-refractivity contribution in [2.45, 2.75) is 39.7 Å². The van der Waals surface area contributed by atoms with Gasteiger partial charge in [0.25, 0.3) is 0 Å². The Morgan fingerprint density at radius 3 is 2.00 bits per heavy atom. The fraction of sp³-hybridized carbons (Fsp3) is 0.533. The molecule has 0 bridgehead atoms. The predicted molar refractivity (Wildman–Crippen MR) is 73.3 cm³/mol. The Morgan fingerprint density at radius 1 is 1.17 bits per heavy atom. The fourth-order valence-corrected chi connectivity index (χ4v) is 1.89. The highest BCUT2D eigenvalue weighted by Gasteiger charge is 2.36. The minimum Gasteiger partial charge on any atom is -0.469 e. The van der Waals surface area contributed by atoms with Crippen LogP contribution >= 0.6 is 0 Å². The van der Waals surface area contributed by atoms with E-state index in [4.69, 9.17) is 10.5 Å². The molecule has 1 rings (SSSR count). The third kappa shape index (κ3) is 2.91. The number of methoxy groups -OCH3 is 1. The Labute approximate surface area is 109 Å². The highest BCUT2D eigenvalue weighted by atomic mass is 16.5. The van der Waals surface area contributed by atoms with Gasteiger partial charge < -0.3 is 10.5 Å². The molecule has 100 valence electrons. The van der Waals surface area contributed by atoms with Gasteiger partial charge in [-0.15, -0.1) is 0 Å². The van der Waals surface area contributed by atoms with Crippen LogP contribution in [0.2, 0.25) is 0 Å². The van der Waals surface area contributed by atoms with Crippen LogP contribution in [0.15, 0.2) is 24.3 Å². The zero-order valence-corrected chi connectivity index (χ0v) is 11.9. The molecular formula is C15H23NO2. The van der Waals surface area contributed by atoms with Gasteiger partial charge in [0.1, 0.15) is 0 Å². The first kappa shape index (κ1) is 14.7. The first-order valence-electron chi connectivity index (χ1n) is 6.24. The van der Waals surface area contributed by atoms with Gasteiger partial charge >= 0.3 is 5.97 Å². The second-order valence-corrected chi connectivity index (χ2v) is 5.51. The molecule has 0 aliphatic rings. The van der Waals surface area contributed by atoms with Gasteiger partial charge in [-0.05, 0) is 30.9 Å². The second-order valence-electron chi connectivity index (χ2n) is 5.51. The lowest BCUT2D eigenvalue weighted by molar-refractivity contribution is -0.152. The van der Waals surface area contributed by atoms with E-state index in [9.17, 15) is 4.79 Å². The quantitative estimate of drug-likeness (QED) is 0.834. The normalized spacial score (nSPS) is 13.5. The summed E-state index contributed by atoms with van der Waals surface area (Å²) in [5, 5.41) is 0. The van der Waals surface area contributed by atoms with Crippen molar-refractivity contribution >= 4 is 5.97 Å². The molecule has 2 N–H and O–H groups in total. The molecule has 0 radical (unpaired) electrons. The number of benzene rings is 1. The van der Waals surface area contributed by atoms with E-state index in [0.717, 1.165) is 5.56 Å². The van der Waals surface area contributed by atoms with E-state index < -0.39 is 5.41 Å². The first-order valence-corrected chi connectivity index (χ1v) is 6.24. The zero-order chi connectivity index (χ0) is 13.9. The largest absolute Gasteiger partial charge is 0.469 e. The number of ether oxygens (including phenoxy) is 1. The van der Waals surface area contributed by atoms with Crippen molar-refractivity contribution in [1.82, 2.24) is 0 Å². The summed E-state index contributed by atoms with van der Waals surface area (Å²) in [6, 6.07) is 7.74. The summed E-state index contributed by atoms with van der Waals surface area (Å²) < 4.78 is 4.80. The van der Waals surface area contributed by atoms with E-state index >= 15 is 0 Å². The van der Waals surface area contributed by atoms with E-state index in [2.05, 4.69) is 26.0 Å². The molecule has 0 amide bonds. The van der Waals surface area contributed by atoms with Gasteiger partial charge in [0.15, 0.2) is 0 Å². The maximum atomic E-state index is 11.7. The van der Waals surface area contributed by atoms with Gasteiger partial charge in [-0.2, -0.15) is 0 Å². The van der Waals surface area contributed by atoms with Gasteiger partial charge in [0.05, 0.1) is 12.5 Å². The van der Waals surface area contributed by atoms with Crippen molar-refractivity contribution in [2.24, 2.45) is 11.1 Å². The van der Waals surface area contributed by atoms with Crippen molar-refractivity contribution in [1.29, 1.82) is 0 Å². The SMILES string of the molecule is COC(=O)C(C)(C)[C@H](N)c1ccc(C(C)C)cc1. The summed E-state index contributed by atoms with van der Waals surface area (Å²) in [6.07, 6.45) is 0. The van der Waals surface area contributed by atoms with Crippen LogP contribution < -0.4 is 5.73 Å². The van der Waals surface area contributed by atoms with Gasteiger partial charge in [0, 0.05) is 6.04 Å². The van der Waals surface area contributed by atoms with E-state index in [0.29, 0.717) is 5.92 Å². The summed E-state index contributed by atoms with van der Waals surface area (Å²) in [4.78, 5) is 11.7. The molecule has 0 saturated heterocycles. The van der Waals surface area contributed by atoms with Crippen LogP contribution in [0.1, 0.15) is 50.8 Å². The van der Waals surface area contributed by atoms with Crippen molar-refractivity contribution in [3.05, 3.63) is 35.4 Å². The Balaban J connectivity index is 2.97. The Morgan fingerprint density at radius 2 is 1.61 bits per heavy atom. The molecule has 1 aromatic rings. The van der Waals surface area contributed by atoms with Gasteiger partial charge in [0.2, 0.25) is 0 Å².